The van der Waals surface area contributed by atoms with E-state index < -0.39 is 10.8 Å². The number of anilines is 1. The molecule has 4 rings (SSSR count). The molecule has 9 heteroatoms. The minimum atomic E-state index is -1.26. The van der Waals surface area contributed by atoms with Crippen LogP contribution in [0.4, 0.5) is 5.69 Å². The molecule has 0 spiro atoms. The predicted octanol–water partition coefficient (Wildman–Crippen LogP) is 4.95. The Balaban J connectivity index is 1.48. The van der Waals surface area contributed by atoms with Gasteiger partial charge in [-0.1, -0.05) is 29.4 Å². The molecule has 1 aromatic heterocycles. The summed E-state index contributed by atoms with van der Waals surface area (Å²) in [4.78, 5) is 19.8. The van der Waals surface area contributed by atoms with Crippen LogP contribution in [0.3, 0.4) is 0 Å². The molecule has 0 saturated heterocycles. The van der Waals surface area contributed by atoms with Crippen molar-refractivity contribution in [2.45, 2.75) is 18.7 Å². The smallest absolute Gasteiger partial charge is 0.255 e. The van der Waals surface area contributed by atoms with E-state index in [0.717, 1.165) is 22.3 Å². The molecular weight excluding hydrogens is 488 g/mol. The first kappa shape index (κ1) is 26.2. The predicted molar refractivity (Wildman–Crippen MR) is 145 cm³/mol. The third kappa shape index (κ3) is 6.31. The van der Waals surface area contributed by atoms with Crippen molar-refractivity contribution < 1.29 is 18.3 Å². The number of amides is 1. The molecule has 4 aromatic rings. The van der Waals surface area contributed by atoms with Crippen LogP contribution in [0.5, 0.6) is 5.75 Å². The van der Waals surface area contributed by atoms with E-state index in [1.807, 2.05) is 56.3 Å². The van der Waals surface area contributed by atoms with Crippen LogP contribution >= 0.6 is 0 Å². The number of hydrogen-bond acceptors (Lipinski definition) is 7. The van der Waals surface area contributed by atoms with Crippen LogP contribution in [0.1, 0.15) is 21.8 Å². The molecule has 3 aromatic carbocycles. The maximum Gasteiger partial charge on any atom is 0.255 e. The van der Waals surface area contributed by atoms with Crippen molar-refractivity contribution in [3.63, 3.8) is 0 Å². The molecule has 1 N–H and O–H groups in total. The topological polar surface area (TPSA) is 97.6 Å². The number of nitrogens with zero attached hydrogens (tertiary/aromatic N) is 3. The monoisotopic (exact) mass is 518 g/mol. The highest BCUT2D eigenvalue weighted by Crippen LogP contribution is 2.29. The van der Waals surface area contributed by atoms with Crippen LogP contribution in [0.15, 0.2) is 70.1 Å². The Bertz CT molecular complexity index is 1430. The Morgan fingerprint density at radius 3 is 2.38 bits per heavy atom. The summed E-state index contributed by atoms with van der Waals surface area (Å²) < 4.78 is 23.3. The minimum Gasteiger partial charge on any atom is -0.495 e. The Morgan fingerprint density at radius 2 is 1.76 bits per heavy atom. The normalized spacial score (nSPS) is 11.9. The summed E-state index contributed by atoms with van der Waals surface area (Å²) in [5, 5.41) is 6.88. The molecule has 0 fully saturated rings. The average Bonchev–Trinajstić information content (AvgIpc) is 3.33. The maximum atomic E-state index is 12.9. The summed E-state index contributed by atoms with van der Waals surface area (Å²) in [5.74, 6) is 1.84. The van der Waals surface area contributed by atoms with E-state index in [9.17, 15) is 9.00 Å². The van der Waals surface area contributed by atoms with Crippen LogP contribution in [0.25, 0.3) is 22.5 Å². The summed E-state index contributed by atoms with van der Waals surface area (Å²) in [6.07, 6.45) is 0. The quantitative estimate of drug-likeness (QED) is 0.335. The van der Waals surface area contributed by atoms with E-state index in [1.54, 1.807) is 44.4 Å². The Hall–Kier alpha value is -3.82. The second-order valence-electron chi connectivity index (χ2n) is 8.92. The number of rotatable bonds is 9. The molecule has 1 atom stereocenters. The van der Waals surface area contributed by atoms with E-state index in [4.69, 9.17) is 9.26 Å². The Labute approximate surface area is 219 Å². The van der Waals surface area contributed by atoms with Crippen molar-refractivity contribution in [2.24, 2.45) is 0 Å². The number of aromatic nitrogens is 2. The number of nitrogens with one attached hydrogen (secondary N) is 1. The van der Waals surface area contributed by atoms with Gasteiger partial charge in [0, 0.05) is 36.0 Å². The number of aryl methyl sites for hydroxylation is 2. The maximum absolute atomic E-state index is 12.9. The number of hydrogen-bond donors (Lipinski definition) is 1. The molecule has 1 unspecified atom stereocenters. The molecule has 1 amide bonds. The molecule has 0 aliphatic heterocycles. The van der Waals surface area contributed by atoms with Crippen molar-refractivity contribution in [3.8, 4) is 28.3 Å². The van der Waals surface area contributed by atoms with Crippen molar-refractivity contribution in [2.75, 3.05) is 38.8 Å². The Morgan fingerprint density at radius 1 is 1.03 bits per heavy atom. The van der Waals surface area contributed by atoms with Crippen LogP contribution in [0.2, 0.25) is 0 Å². The highest BCUT2D eigenvalue weighted by Gasteiger charge is 2.15. The van der Waals surface area contributed by atoms with Crippen molar-refractivity contribution in [1.82, 2.24) is 15.0 Å². The fourth-order valence-electron chi connectivity index (χ4n) is 3.86. The fraction of sp³-hybridized carbons (Fsp3) is 0.250. The molecule has 0 bridgehead atoms. The summed E-state index contributed by atoms with van der Waals surface area (Å²) in [7, 11) is 4.16. The summed E-state index contributed by atoms with van der Waals surface area (Å²) >= 11 is 0. The second kappa shape index (κ2) is 11.5. The standard InChI is InChI=1S/C28H30N4O4S/c1-18-16-22(27-29-19(2)36-31-27)10-12-24(18)20-6-8-21(9-7-20)28(33)30-23-11-13-25(35-5)26(17-23)37(34)15-14-32(3)4/h6-13,16-17H,14-15H2,1-5H3,(H,30,33). The van der Waals surface area contributed by atoms with E-state index in [2.05, 4.69) is 15.5 Å². The third-order valence-corrected chi connectivity index (χ3v) is 7.22. The Kier molecular flexibility index (Phi) is 8.15. The number of benzene rings is 3. The van der Waals surface area contributed by atoms with Gasteiger partial charge in [-0.3, -0.25) is 9.00 Å². The van der Waals surface area contributed by atoms with Crippen molar-refractivity contribution in [1.29, 1.82) is 0 Å². The molecule has 8 nitrogen and oxygen atoms in total. The van der Waals surface area contributed by atoms with Gasteiger partial charge in [0.2, 0.25) is 11.7 Å². The van der Waals surface area contributed by atoms with Crippen molar-refractivity contribution >= 4 is 22.4 Å². The zero-order valence-corrected chi connectivity index (χ0v) is 22.4. The van der Waals surface area contributed by atoms with Crippen molar-refractivity contribution in [3.05, 3.63) is 77.7 Å². The van der Waals surface area contributed by atoms with Gasteiger partial charge in [-0.05, 0) is 74.1 Å². The van der Waals surface area contributed by atoms with E-state index in [0.29, 0.717) is 45.9 Å². The zero-order chi connectivity index (χ0) is 26.5. The van der Waals surface area contributed by atoms with E-state index in [1.165, 1.54) is 0 Å². The SMILES string of the molecule is COc1ccc(NC(=O)c2ccc(-c3ccc(-c4noc(C)n4)cc3C)cc2)cc1S(=O)CCN(C)C. The molecule has 0 saturated carbocycles. The van der Waals surface area contributed by atoms with Gasteiger partial charge in [-0.25, -0.2) is 0 Å². The lowest BCUT2D eigenvalue weighted by Crippen LogP contribution is -2.19. The second-order valence-corrected chi connectivity index (χ2v) is 10.5. The van der Waals surface area contributed by atoms with Gasteiger partial charge in [0.1, 0.15) is 5.75 Å². The van der Waals surface area contributed by atoms with Crippen LogP contribution in [-0.2, 0) is 10.8 Å². The molecule has 0 radical (unpaired) electrons. The molecule has 37 heavy (non-hydrogen) atoms. The lowest BCUT2D eigenvalue weighted by atomic mass is 9.97. The van der Waals surface area contributed by atoms with Crippen LogP contribution in [0, 0.1) is 13.8 Å². The number of methoxy groups -OCH3 is 1. The first-order valence-electron chi connectivity index (χ1n) is 11.8. The molecule has 192 valence electrons. The summed E-state index contributed by atoms with van der Waals surface area (Å²) in [6, 6.07) is 18.6. The first-order chi connectivity index (χ1) is 17.7. The van der Waals surface area contributed by atoms with Crippen LogP contribution in [-0.4, -0.2) is 58.7 Å². The number of carbonyl (C=O) groups excluding carboxylic acids is 1. The fourth-order valence-corrected chi connectivity index (χ4v) is 5.24. The average molecular weight is 519 g/mol. The summed E-state index contributed by atoms with van der Waals surface area (Å²) in [6.45, 7) is 4.46. The highest BCUT2D eigenvalue weighted by molar-refractivity contribution is 7.85. The van der Waals surface area contributed by atoms with Gasteiger partial charge >= 0.3 is 0 Å². The highest BCUT2D eigenvalue weighted by atomic mass is 32.2. The number of ether oxygens (including phenoxy) is 1. The van der Waals surface area contributed by atoms with Gasteiger partial charge in [-0.2, -0.15) is 4.98 Å². The zero-order valence-electron chi connectivity index (χ0n) is 21.6. The first-order valence-corrected chi connectivity index (χ1v) is 13.1. The van der Waals surface area contributed by atoms with E-state index >= 15 is 0 Å². The van der Waals surface area contributed by atoms with Crippen LogP contribution < -0.4 is 10.1 Å². The van der Waals surface area contributed by atoms with E-state index in [-0.39, 0.29) is 5.91 Å². The van der Waals surface area contributed by atoms with Gasteiger partial charge in [0.15, 0.2) is 0 Å². The molecule has 0 aliphatic rings. The van der Waals surface area contributed by atoms with Gasteiger partial charge in [-0.15, -0.1) is 0 Å². The molecular formula is C28H30N4O4S. The lowest BCUT2D eigenvalue weighted by molar-refractivity contribution is 0.102. The summed E-state index contributed by atoms with van der Waals surface area (Å²) in [5.41, 5.74) is 5.07. The lowest BCUT2D eigenvalue weighted by Gasteiger charge is -2.13. The molecule has 0 aliphatic carbocycles. The minimum absolute atomic E-state index is 0.249. The van der Waals surface area contributed by atoms with Gasteiger partial charge in [0.05, 0.1) is 22.8 Å². The largest absolute Gasteiger partial charge is 0.495 e. The molecule has 1 heterocycles. The van der Waals surface area contributed by atoms with Gasteiger partial charge in [0.25, 0.3) is 5.91 Å². The number of carbonyl (C=O) groups is 1. The third-order valence-electron chi connectivity index (χ3n) is 5.86. The van der Waals surface area contributed by atoms with Gasteiger partial charge < -0.3 is 19.5 Å².